The molecule has 2 aliphatic heterocycles. The molecule has 5 heteroatoms. The third kappa shape index (κ3) is 2.04. The van der Waals surface area contributed by atoms with Gasteiger partial charge in [0.1, 0.15) is 5.76 Å². The van der Waals surface area contributed by atoms with Crippen LogP contribution in [0.4, 0.5) is 5.69 Å². The van der Waals surface area contributed by atoms with E-state index in [0.29, 0.717) is 18.2 Å². The molecule has 3 aliphatic rings. The second kappa shape index (κ2) is 5.18. The molecule has 24 heavy (non-hydrogen) atoms. The third-order valence-electron chi connectivity index (χ3n) is 5.67. The Morgan fingerprint density at radius 2 is 2.00 bits per heavy atom. The zero-order valence-electron chi connectivity index (χ0n) is 13.5. The van der Waals surface area contributed by atoms with Crippen molar-refractivity contribution < 1.29 is 13.9 Å². The standard InChI is InChI=1S/C19H20N2O3/c22-18(16-17(13-5-6-13)24-12-20-16)21-11-19(7-9-23-10-8-19)14-3-1-2-4-15(14)21/h1-4,12-13H,5-11H2. The average Bonchev–Trinajstić information content (AvgIpc) is 3.28. The van der Waals surface area contributed by atoms with Crippen LogP contribution in [0.25, 0.3) is 0 Å². The maximum atomic E-state index is 13.2. The van der Waals surface area contributed by atoms with Crippen molar-refractivity contribution in [2.24, 2.45) is 0 Å². The second-order valence-corrected chi connectivity index (χ2v) is 7.14. The van der Waals surface area contributed by atoms with Gasteiger partial charge in [0.15, 0.2) is 12.1 Å². The lowest BCUT2D eigenvalue weighted by Crippen LogP contribution is -2.41. The fourth-order valence-electron chi connectivity index (χ4n) is 4.18. The monoisotopic (exact) mass is 324 g/mol. The van der Waals surface area contributed by atoms with E-state index in [-0.39, 0.29) is 11.3 Å². The summed E-state index contributed by atoms with van der Waals surface area (Å²) in [6.45, 7) is 2.23. The van der Waals surface area contributed by atoms with E-state index in [0.717, 1.165) is 50.3 Å². The van der Waals surface area contributed by atoms with Gasteiger partial charge >= 0.3 is 0 Å². The van der Waals surface area contributed by atoms with Crippen molar-refractivity contribution >= 4 is 11.6 Å². The first-order valence-corrected chi connectivity index (χ1v) is 8.71. The molecule has 5 nitrogen and oxygen atoms in total. The van der Waals surface area contributed by atoms with Gasteiger partial charge in [-0.2, -0.15) is 0 Å². The van der Waals surface area contributed by atoms with E-state index in [4.69, 9.17) is 9.15 Å². The molecule has 1 aromatic heterocycles. The topological polar surface area (TPSA) is 55.6 Å². The number of fused-ring (bicyclic) bond motifs is 2. The number of rotatable bonds is 2. The number of aromatic nitrogens is 1. The highest BCUT2D eigenvalue weighted by atomic mass is 16.5. The van der Waals surface area contributed by atoms with E-state index in [1.165, 1.54) is 12.0 Å². The zero-order valence-corrected chi connectivity index (χ0v) is 13.5. The van der Waals surface area contributed by atoms with Crippen LogP contribution in [0.3, 0.4) is 0 Å². The van der Waals surface area contributed by atoms with Crippen LogP contribution in [-0.4, -0.2) is 30.6 Å². The predicted molar refractivity (Wildman–Crippen MR) is 88.3 cm³/mol. The van der Waals surface area contributed by atoms with Gasteiger partial charge in [-0.05, 0) is 37.3 Å². The number of oxazole rings is 1. The average molecular weight is 324 g/mol. The molecule has 3 heterocycles. The maximum Gasteiger partial charge on any atom is 0.280 e. The van der Waals surface area contributed by atoms with E-state index in [9.17, 15) is 4.79 Å². The van der Waals surface area contributed by atoms with Crippen LogP contribution in [0, 0.1) is 0 Å². The van der Waals surface area contributed by atoms with Gasteiger partial charge in [0.05, 0.1) is 0 Å². The number of carbonyl (C=O) groups is 1. The highest BCUT2D eigenvalue weighted by Crippen LogP contribution is 2.48. The lowest BCUT2D eigenvalue weighted by atomic mass is 9.76. The molecular weight excluding hydrogens is 304 g/mol. The Balaban J connectivity index is 1.54. The number of ether oxygens (including phenoxy) is 1. The summed E-state index contributed by atoms with van der Waals surface area (Å²) in [5.41, 5.74) is 2.82. The van der Waals surface area contributed by atoms with E-state index in [1.807, 2.05) is 17.0 Å². The molecule has 2 fully saturated rings. The molecule has 1 amide bonds. The van der Waals surface area contributed by atoms with Crippen molar-refractivity contribution in [1.82, 2.24) is 4.98 Å². The first-order chi connectivity index (χ1) is 11.8. The fraction of sp³-hybridized carbons (Fsp3) is 0.474. The number of hydrogen-bond donors (Lipinski definition) is 0. The number of hydrogen-bond acceptors (Lipinski definition) is 4. The van der Waals surface area contributed by atoms with E-state index in [1.54, 1.807) is 0 Å². The molecule has 5 rings (SSSR count). The lowest BCUT2D eigenvalue weighted by molar-refractivity contribution is 0.0546. The smallest absolute Gasteiger partial charge is 0.280 e. The number of para-hydroxylation sites is 1. The van der Waals surface area contributed by atoms with Crippen molar-refractivity contribution in [3.8, 4) is 0 Å². The second-order valence-electron chi connectivity index (χ2n) is 7.14. The molecule has 0 bridgehead atoms. The molecule has 1 spiro atoms. The van der Waals surface area contributed by atoms with E-state index >= 15 is 0 Å². The van der Waals surface area contributed by atoms with Gasteiger partial charge < -0.3 is 14.1 Å². The van der Waals surface area contributed by atoms with Gasteiger partial charge in [0.25, 0.3) is 5.91 Å². The normalized spacial score (nSPS) is 21.9. The summed E-state index contributed by atoms with van der Waals surface area (Å²) < 4.78 is 11.1. The number of amides is 1. The highest BCUT2D eigenvalue weighted by molar-refractivity contribution is 6.07. The van der Waals surface area contributed by atoms with Gasteiger partial charge in [-0.1, -0.05) is 18.2 Å². The third-order valence-corrected chi connectivity index (χ3v) is 5.67. The van der Waals surface area contributed by atoms with E-state index in [2.05, 4.69) is 17.1 Å². The van der Waals surface area contributed by atoms with Crippen LogP contribution in [0.1, 0.15) is 53.4 Å². The minimum absolute atomic E-state index is 0.0218. The lowest BCUT2D eigenvalue weighted by Gasteiger charge is -2.34. The van der Waals surface area contributed by atoms with Crippen LogP contribution in [0.2, 0.25) is 0 Å². The molecule has 1 saturated carbocycles. The van der Waals surface area contributed by atoms with Gasteiger partial charge in [-0.15, -0.1) is 0 Å². The fourth-order valence-corrected chi connectivity index (χ4v) is 4.18. The molecule has 0 atom stereocenters. The molecule has 0 unspecified atom stereocenters. The molecule has 1 aromatic carbocycles. The Labute approximate surface area is 140 Å². The van der Waals surface area contributed by atoms with Crippen molar-refractivity contribution in [2.45, 2.75) is 37.0 Å². The maximum absolute atomic E-state index is 13.2. The largest absolute Gasteiger partial charge is 0.447 e. The number of carbonyl (C=O) groups excluding carboxylic acids is 1. The molecule has 1 saturated heterocycles. The van der Waals surface area contributed by atoms with Crippen LogP contribution in [0.5, 0.6) is 0 Å². The molecular formula is C19H20N2O3. The van der Waals surface area contributed by atoms with Gasteiger partial charge in [-0.25, -0.2) is 4.98 Å². The van der Waals surface area contributed by atoms with Crippen LogP contribution < -0.4 is 4.90 Å². The number of benzene rings is 1. The predicted octanol–water partition coefficient (Wildman–Crippen LogP) is 3.26. The van der Waals surface area contributed by atoms with E-state index < -0.39 is 0 Å². The summed E-state index contributed by atoms with van der Waals surface area (Å²) in [6.07, 6.45) is 5.51. The number of nitrogens with zero attached hydrogens (tertiary/aromatic N) is 2. The molecule has 1 aliphatic carbocycles. The first-order valence-electron chi connectivity index (χ1n) is 8.71. The first kappa shape index (κ1) is 14.2. The van der Waals surface area contributed by atoms with Gasteiger partial charge in [-0.3, -0.25) is 4.79 Å². The Kier molecular flexibility index (Phi) is 3.07. The summed E-state index contributed by atoms with van der Waals surface area (Å²) in [5.74, 6) is 1.12. The molecule has 0 radical (unpaired) electrons. The SMILES string of the molecule is O=C(c1ncoc1C1CC1)N1CC2(CCOCC2)c2ccccc21. The van der Waals surface area contributed by atoms with Crippen molar-refractivity contribution in [3.63, 3.8) is 0 Å². The van der Waals surface area contributed by atoms with Gasteiger partial charge in [0.2, 0.25) is 0 Å². The summed E-state index contributed by atoms with van der Waals surface area (Å²) in [7, 11) is 0. The molecule has 0 N–H and O–H groups in total. The van der Waals surface area contributed by atoms with Gasteiger partial charge in [0, 0.05) is 36.8 Å². The number of anilines is 1. The summed E-state index contributed by atoms with van der Waals surface area (Å²) >= 11 is 0. The summed E-state index contributed by atoms with van der Waals surface area (Å²) in [4.78, 5) is 19.4. The minimum atomic E-state index is -0.0264. The van der Waals surface area contributed by atoms with Crippen molar-refractivity contribution in [3.05, 3.63) is 47.7 Å². The summed E-state index contributed by atoms with van der Waals surface area (Å²) in [5, 5.41) is 0. The summed E-state index contributed by atoms with van der Waals surface area (Å²) in [6, 6.07) is 8.28. The van der Waals surface area contributed by atoms with Crippen molar-refractivity contribution in [2.75, 3.05) is 24.7 Å². The minimum Gasteiger partial charge on any atom is -0.447 e. The Morgan fingerprint density at radius 3 is 2.79 bits per heavy atom. The Hall–Kier alpha value is -2.14. The molecule has 124 valence electrons. The highest BCUT2D eigenvalue weighted by Gasteiger charge is 2.46. The van der Waals surface area contributed by atoms with Crippen LogP contribution in [-0.2, 0) is 10.2 Å². The molecule has 2 aromatic rings. The van der Waals surface area contributed by atoms with Crippen LogP contribution in [0.15, 0.2) is 35.1 Å². The quantitative estimate of drug-likeness (QED) is 0.851. The van der Waals surface area contributed by atoms with Crippen LogP contribution >= 0.6 is 0 Å². The Bertz CT molecular complexity index is 787. The Morgan fingerprint density at radius 1 is 1.21 bits per heavy atom. The van der Waals surface area contributed by atoms with Crippen molar-refractivity contribution in [1.29, 1.82) is 0 Å². The zero-order chi connectivity index (χ0) is 16.1.